The van der Waals surface area contributed by atoms with Crippen LogP contribution in [0.3, 0.4) is 0 Å². The molecule has 0 spiro atoms. The highest BCUT2D eigenvalue weighted by Gasteiger charge is 2.53. The first kappa shape index (κ1) is 16.1. The standard InChI is InChI=1S/C16H22N2O4/c1-5-16(6-2)13(19)18(15(3,4)14(20)21)12-10(17)8-7-9-11(12)22-16/h7-9H,5-6,17H2,1-4H3,(H,20,21). The normalized spacial score (nSPS) is 16.9. The predicted octanol–water partition coefficient (Wildman–Crippen LogP) is 2.42. The number of rotatable bonds is 4. The van der Waals surface area contributed by atoms with Crippen LogP contribution in [0.2, 0.25) is 0 Å². The molecule has 0 unspecified atom stereocenters. The first-order valence-electron chi connectivity index (χ1n) is 7.36. The summed E-state index contributed by atoms with van der Waals surface area (Å²) in [6, 6.07) is 5.07. The number of hydrogen-bond acceptors (Lipinski definition) is 4. The maximum absolute atomic E-state index is 13.1. The van der Waals surface area contributed by atoms with Gasteiger partial charge in [0.05, 0.1) is 5.69 Å². The molecule has 0 bridgehead atoms. The van der Waals surface area contributed by atoms with Gasteiger partial charge in [0.15, 0.2) is 5.60 Å². The van der Waals surface area contributed by atoms with Crippen molar-refractivity contribution in [2.45, 2.75) is 51.7 Å². The predicted molar refractivity (Wildman–Crippen MR) is 84.0 cm³/mol. The van der Waals surface area contributed by atoms with Crippen LogP contribution in [0.15, 0.2) is 18.2 Å². The fourth-order valence-electron chi connectivity index (χ4n) is 2.75. The maximum atomic E-state index is 13.1. The Bertz CT molecular complexity index is 621. The lowest BCUT2D eigenvalue weighted by Crippen LogP contribution is -2.64. The molecule has 6 nitrogen and oxygen atoms in total. The van der Waals surface area contributed by atoms with Crippen molar-refractivity contribution in [2.75, 3.05) is 10.6 Å². The average Bonchev–Trinajstić information content (AvgIpc) is 2.47. The van der Waals surface area contributed by atoms with Crippen LogP contribution < -0.4 is 15.4 Å². The lowest BCUT2D eigenvalue weighted by atomic mass is 9.89. The minimum Gasteiger partial charge on any atom is -0.480 e. The van der Waals surface area contributed by atoms with Crippen molar-refractivity contribution >= 4 is 23.3 Å². The van der Waals surface area contributed by atoms with Gasteiger partial charge in [0.25, 0.3) is 5.91 Å². The highest BCUT2D eigenvalue weighted by Crippen LogP contribution is 2.46. The van der Waals surface area contributed by atoms with E-state index in [1.807, 2.05) is 13.8 Å². The number of hydrogen-bond donors (Lipinski definition) is 2. The van der Waals surface area contributed by atoms with Crippen molar-refractivity contribution in [1.29, 1.82) is 0 Å². The summed E-state index contributed by atoms with van der Waals surface area (Å²) in [5.74, 6) is -1.02. The summed E-state index contributed by atoms with van der Waals surface area (Å²) in [4.78, 5) is 26.0. The number of carboxylic acids is 1. The maximum Gasteiger partial charge on any atom is 0.329 e. The van der Waals surface area contributed by atoms with Crippen molar-refractivity contribution in [1.82, 2.24) is 0 Å². The second kappa shape index (κ2) is 5.19. The number of para-hydroxylation sites is 1. The fourth-order valence-corrected chi connectivity index (χ4v) is 2.75. The molecule has 0 saturated carbocycles. The van der Waals surface area contributed by atoms with Crippen LogP contribution in [-0.2, 0) is 9.59 Å². The zero-order valence-corrected chi connectivity index (χ0v) is 13.3. The Hall–Kier alpha value is -2.24. The van der Waals surface area contributed by atoms with Crippen LogP contribution in [0.5, 0.6) is 5.75 Å². The van der Waals surface area contributed by atoms with Crippen LogP contribution in [0.1, 0.15) is 40.5 Å². The number of fused-ring (bicyclic) bond motifs is 1. The van der Waals surface area contributed by atoms with E-state index in [0.717, 1.165) is 0 Å². The molecule has 0 fully saturated rings. The van der Waals surface area contributed by atoms with E-state index in [-0.39, 0.29) is 5.91 Å². The molecule has 1 amide bonds. The molecular formula is C16H22N2O4. The van der Waals surface area contributed by atoms with Gasteiger partial charge in [-0.05, 0) is 38.8 Å². The third-order valence-corrected chi connectivity index (χ3v) is 4.38. The van der Waals surface area contributed by atoms with Gasteiger partial charge >= 0.3 is 5.97 Å². The Kier molecular flexibility index (Phi) is 3.81. The molecular weight excluding hydrogens is 284 g/mol. The summed E-state index contributed by atoms with van der Waals surface area (Å²) in [5.41, 5.74) is 4.15. The van der Waals surface area contributed by atoms with Gasteiger partial charge in [-0.15, -0.1) is 0 Å². The molecule has 6 heteroatoms. The van der Waals surface area contributed by atoms with Crippen molar-refractivity contribution in [3.05, 3.63) is 18.2 Å². The van der Waals surface area contributed by atoms with Crippen molar-refractivity contribution in [3.63, 3.8) is 0 Å². The van der Waals surface area contributed by atoms with Crippen LogP contribution in [0, 0.1) is 0 Å². The molecule has 120 valence electrons. The van der Waals surface area contributed by atoms with E-state index in [0.29, 0.717) is 30.0 Å². The number of carbonyl (C=O) groups excluding carboxylic acids is 1. The smallest absolute Gasteiger partial charge is 0.329 e. The van der Waals surface area contributed by atoms with E-state index >= 15 is 0 Å². The molecule has 1 aromatic carbocycles. The minimum atomic E-state index is -1.43. The summed E-state index contributed by atoms with van der Waals surface area (Å²) in [6.07, 6.45) is 0.894. The number of nitrogen functional groups attached to an aromatic ring is 1. The van der Waals surface area contributed by atoms with Gasteiger partial charge in [-0.25, -0.2) is 4.79 Å². The molecule has 0 aliphatic carbocycles. The van der Waals surface area contributed by atoms with Crippen LogP contribution in [0.25, 0.3) is 0 Å². The molecule has 1 aromatic rings. The van der Waals surface area contributed by atoms with E-state index in [1.54, 1.807) is 18.2 Å². The second-order valence-corrected chi connectivity index (χ2v) is 6.00. The number of ether oxygens (including phenoxy) is 1. The topological polar surface area (TPSA) is 92.9 Å². The molecule has 0 atom stereocenters. The zero-order valence-electron chi connectivity index (χ0n) is 13.3. The molecule has 2 rings (SSSR count). The summed E-state index contributed by atoms with van der Waals surface area (Å²) >= 11 is 0. The lowest BCUT2D eigenvalue weighted by Gasteiger charge is -2.47. The van der Waals surface area contributed by atoms with Crippen molar-refractivity contribution < 1.29 is 19.4 Å². The molecule has 3 N–H and O–H groups in total. The van der Waals surface area contributed by atoms with E-state index in [2.05, 4.69) is 0 Å². The van der Waals surface area contributed by atoms with Gasteiger partial charge in [-0.1, -0.05) is 19.9 Å². The Morgan fingerprint density at radius 3 is 2.45 bits per heavy atom. The van der Waals surface area contributed by atoms with E-state index in [9.17, 15) is 14.7 Å². The highest BCUT2D eigenvalue weighted by molar-refractivity contribution is 6.10. The largest absolute Gasteiger partial charge is 0.480 e. The molecule has 0 radical (unpaired) electrons. The number of carbonyl (C=O) groups is 2. The quantitative estimate of drug-likeness (QED) is 0.833. The number of amides is 1. The van der Waals surface area contributed by atoms with E-state index in [4.69, 9.17) is 10.5 Å². The number of aliphatic carboxylic acids is 1. The van der Waals surface area contributed by atoms with Gasteiger partial charge in [0, 0.05) is 0 Å². The van der Waals surface area contributed by atoms with Gasteiger partial charge in [0.1, 0.15) is 17.0 Å². The molecule has 1 aliphatic heterocycles. The number of anilines is 2. The van der Waals surface area contributed by atoms with Gasteiger partial charge in [-0.2, -0.15) is 0 Å². The zero-order chi connectivity index (χ0) is 16.7. The highest BCUT2D eigenvalue weighted by atomic mass is 16.5. The number of nitrogens with zero attached hydrogens (tertiary/aromatic N) is 1. The SMILES string of the molecule is CCC1(CC)Oc2cccc(N)c2N(C(C)(C)C(=O)O)C1=O. The third kappa shape index (κ3) is 2.10. The second-order valence-electron chi connectivity index (χ2n) is 6.00. The van der Waals surface area contributed by atoms with Crippen molar-refractivity contribution in [3.8, 4) is 5.75 Å². The van der Waals surface area contributed by atoms with E-state index < -0.39 is 17.1 Å². The molecule has 1 heterocycles. The van der Waals surface area contributed by atoms with Gasteiger partial charge in [-0.3, -0.25) is 9.69 Å². The average molecular weight is 306 g/mol. The Balaban J connectivity index is 2.75. The first-order chi connectivity index (χ1) is 10.2. The fraction of sp³-hybridized carbons (Fsp3) is 0.500. The summed E-state index contributed by atoms with van der Waals surface area (Å²) < 4.78 is 5.95. The monoisotopic (exact) mass is 306 g/mol. The Morgan fingerprint density at radius 2 is 1.95 bits per heavy atom. The third-order valence-electron chi connectivity index (χ3n) is 4.38. The first-order valence-corrected chi connectivity index (χ1v) is 7.36. The van der Waals surface area contributed by atoms with Crippen molar-refractivity contribution in [2.24, 2.45) is 0 Å². The molecule has 22 heavy (non-hydrogen) atoms. The van der Waals surface area contributed by atoms with Gasteiger partial charge < -0.3 is 15.6 Å². The Labute approximate surface area is 129 Å². The lowest BCUT2D eigenvalue weighted by molar-refractivity contribution is -0.148. The van der Waals surface area contributed by atoms with E-state index in [1.165, 1.54) is 18.7 Å². The van der Waals surface area contributed by atoms with Crippen LogP contribution in [0.4, 0.5) is 11.4 Å². The minimum absolute atomic E-state index is 0.320. The number of carboxylic acid groups (broad SMARTS) is 1. The summed E-state index contributed by atoms with van der Waals surface area (Å²) in [5, 5.41) is 9.57. The van der Waals surface area contributed by atoms with Gasteiger partial charge in [0.2, 0.25) is 0 Å². The number of nitrogens with two attached hydrogens (primary N) is 1. The Morgan fingerprint density at radius 1 is 1.36 bits per heavy atom. The van der Waals surface area contributed by atoms with Crippen LogP contribution >= 0.6 is 0 Å². The molecule has 0 aromatic heterocycles. The number of benzene rings is 1. The van der Waals surface area contributed by atoms with Crippen LogP contribution in [-0.4, -0.2) is 28.1 Å². The molecule has 1 aliphatic rings. The molecule has 0 saturated heterocycles. The summed E-state index contributed by atoms with van der Waals surface area (Å²) in [7, 11) is 0. The summed E-state index contributed by atoms with van der Waals surface area (Å²) in [6.45, 7) is 6.69.